The Balaban J connectivity index is 1.75. The molecular weight excluding hydrogens is 464 g/mol. The summed E-state index contributed by atoms with van der Waals surface area (Å²) in [6, 6.07) is 16.3. The molecule has 0 saturated heterocycles. The molecule has 0 aliphatic rings. The maximum absolute atomic E-state index is 12.4. The van der Waals surface area contributed by atoms with Gasteiger partial charge in [0, 0.05) is 23.6 Å². The fraction of sp³-hybridized carbons (Fsp3) is 0.192. The Morgan fingerprint density at radius 1 is 1.09 bits per heavy atom. The molecule has 2 aromatic carbocycles. The van der Waals surface area contributed by atoms with E-state index in [0.717, 1.165) is 16.0 Å². The number of hydrogen-bond acceptors (Lipinski definition) is 7. The van der Waals surface area contributed by atoms with Crippen molar-refractivity contribution in [3.63, 3.8) is 0 Å². The van der Waals surface area contributed by atoms with E-state index in [-0.39, 0.29) is 11.8 Å². The van der Waals surface area contributed by atoms with Crippen molar-refractivity contribution in [2.24, 2.45) is 4.99 Å². The van der Waals surface area contributed by atoms with Gasteiger partial charge in [0.1, 0.15) is 0 Å². The van der Waals surface area contributed by atoms with Gasteiger partial charge in [0.2, 0.25) is 5.91 Å². The molecule has 35 heavy (non-hydrogen) atoms. The van der Waals surface area contributed by atoms with Crippen LogP contribution >= 0.6 is 11.3 Å². The zero-order valence-corrected chi connectivity index (χ0v) is 20.7. The minimum atomic E-state index is -0.455. The fourth-order valence-electron chi connectivity index (χ4n) is 3.72. The number of aromatic amines is 1. The van der Waals surface area contributed by atoms with Crippen molar-refractivity contribution in [2.45, 2.75) is 0 Å². The predicted molar refractivity (Wildman–Crippen MR) is 139 cm³/mol. The largest absolute Gasteiger partial charge is 0.494 e. The number of fused-ring (bicyclic) bond motifs is 1. The monoisotopic (exact) mass is 490 g/mol. The molecule has 180 valence electrons. The Hall–Kier alpha value is -3.95. The first-order chi connectivity index (χ1) is 16.8. The van der Waals surface area contributed by atoms with Gasteiger partial charge < -0.3 is 24.6 Å². The van der Waals surface area contributed by atoms with Crippen molar-refractivity contribution in [1.82, 2.24) is 9.88 Å². The molecule has 2 heterocycles. The normalized spacial score (nSPS) is 11.7. The number of ether oxygens (including phenoxy) is 1. The van der Waals surface area contributed by atoms with E-state index in [4.69, 9.17) is 9.73 Å². The number of carbonyl (C=O) groups excluding carboxylic acids is 2. The van der Waals surface area contributed by atoms with Crippen LogP contribution in [0.4, 0.5) is 11.4 Å². The number of methoxy groups -OCH3 is 1. The average molecular weight is 491 g/mol. The first-order valence-corrected chi connectivity index (χ1v) is 11.7. The van der Waals surface area contributed by atoms with Gasteiger partial charge in [-0.15, -0.1) is 11.3 Å². The summed E-state index contributed by atoms with van der Waals surface area (Å²) in [4.78, 5) is 36.4. The molecule has 8 nitrogen and oxygen atoms in total. The second-order valence-corrected chi connectivity index (χ2v) is 9.19. The van der Waals surface area contributed by atoms with E-state index in [9.17, 15) is 14.7 Å². The molecule has 4 aromatic rings. The van der Waals surface area contributed by atoms with Crippen LogP contribution in [0.3, 0.4) is 0 Å². The van der Waals surface area contributed by atoms with Gasteiger partial charge >= 0.3 is 5.97 Å². The summed E-state index contributed by atoms with van der Waals surface area (Å²) >= 11 is 1.51. The van der Waals surface area contributed by atoms with Gasteiger partial charge in [-0.3, -0.25) is 4.79 Å². The van der Waals surface area contributed by atoms with Crippen molar-refractivity contribution in [2.75, 3.05) is 39.7 Å². The summed E-state index contributed by atoms with van der Waals surface area (Å²) < 4.78 is 4.80. The summed E-state index contributed by atoms with van der Waals surface area (Å²) in [5.74, 6) is -0.510. The molecule has 9 heteroatoms. The Morgan fingerprint density at radius 2 is 1.83 bits per heavy atom. The molecule has 4 rings (SSSR count). The minimum Gasteiger partial charge on any atom is -0.494 e. The number of carbonyl (C=O) groups is 2. The van der Waals surface area contributed by atoms with E-state index in [0.29, 0.717) is 34.6 Å². The lowest BCUT2D eigenvalue weighted by molar-refractivity contribution is -0.118. The number of aromatic nitrogens is 1. The highest BCUT2D eigenvalue weighted by Gasteiger charge is 2.21. The van der Waals surface area contributed by atoms with Gasteiger partial charge in [-0.25, -0.2) is 9.79 Å². The summed E-state index contributed by atoms with van der Waals surface area (Å²) in [6.45, 7) is 0.316. The second kappa shape index (κ2) is 10.1. The number of likely N-dealkylation sites (N-methyl/N-ethyl adjacent to an activating group) is 2. The van der Waals surface area contributed by atoms with Crippen LogP contribution in [0.15, 0.2) is 65.0 Å². The van der Waals surface area contributed by atoms with Crippen LogP contribution in [0, 0.1) is 0 Å². The van der Waals surface area contributed by atoms with Crippen molar-refractivity contribution in [3.05, 3.63) is 76.0 Å². The Morgan fingerprint density at radius 3 is 2.46 bits per heavy atom. The van der Waals surface area contributed by atoms with Gasteiger partial charge in [-0.05, 0) is 61.9 Å². The lowest BCUT2D eigenvalue weighted by Crippen LogP contribution is -2.34. The Kier molecular flexibility index (Phi) is 6.99. The van der Waals surface area contributed by atoms with Crippen LogP contribution in [-0.4, -0.2) is 67.4 Å². The van der Waals surface area contributed by atoms with E-state index >= 15 is 0 Å². The number of anilines is 1. The first-order valence-electron chi connectivity index (χ1n) is 10.9. The maximum Gasteiger partial charge on any atom is 0.337 e. The number of nitrogens with one attached hydrogen (secondary N) is 1. The van der Waals surface area contributed by atoms with Gasteiger partial charge in [-0.2, -0.15) is 0 Å². The summed E-state index contributed by atoms with van der Waals surface area (Å²) in [5, 5.41) is 13.5. The van der Waals surface area contributed by atoms with Crippen molar-refractivity contribution < 1.29 is 19.4 Å². The number of thiophene rings is 1. The highest BCUT2D eigenvalue weighted by Crippen LogP contribution is 2.33. The molecule has 0 unspecified atom stereocenters. The summed E-state index contributed by atoms with van der Waals surface area (Å²) in [6.07, 6.45) is 0. The molecule has 0 bridgehead atoms. The van der Waals surface area contributed by atoms with Crippen molar-refractivity contribution in [3.8, 4) is 5.88 Å². The Bertz CT molecular complexity index is 1390. The number of H-pyrrole nitrogens is 1. The van der Waals surface area contributed by atoms with Gasteiger partial charge in [0.15, 0.2) is 5.88 Å². The number of aliphatic imine (C=N–C) groups is 1. The van der Waals surface area contributed by atoms with Crippen LogP contribution in [0.1, 0.15) is 20.8 Å². The number of nitrogens with zero attached hydrogens (tertiary/aromatic N) is 3. The lowest BCUT2D eigenvalue weighted by Gasteiger charge is -2.19. The van der Waals surface area contributed by atoms with E-state index in [1.165, 1.54) is 18.4 Å². The maximum atomic E-state index is 12.4. The topological polar surface area (TPSA) is 98.2 Å². The average Bonchev–Trinajstić information content (AvgIpc) is 3.48. The van der Waals surface area contributed by atoms with E-state index in [1.54, 1.807) is 30.1 Å². The zero-order valence-electron chi connectivity index (χ0n) is 19.9. The first kappa shape index (κ1) is 24.2. The van der Waals surface area contributed by atoms with Crippen LogP contribution in [0.5, 0.6) is 5.88 Å². The number of benzene rings is 2. The van der Waals surface area contributed by atoms with Crippen LogP contribution in [0.25, 0.3) is 10.9 Å². The third-order valence-electron chi connectivity index (χ3n) is 5.49. The highest BCUT2D eigenvalue weighted by atomic mass is 32.1. The van der Waals surface area contributed by atoms with Gasteiger partial charge in [0.25, 0.3) is 0 Å². The number of aromatic hydroxyl groups is 1. The molecule has 0 fully saturated rings. The van der Waals surface area contributed by atoms with Crippen LogP contribution in [0.2, 0.25) is 0 Å². The standard InChI is InChI=1S/C26H26N4O4S/c1-29(2)15-22(31)30(3)18-10-8-17(9-11-18)27-24(21-6-5-13-35-21)23-19-12-7-16(26(33)34-4)14-20(19)28-25(23)32/h5-14,28,32H,15H2,1-4H3. The summed E-state index contributed by atoms with van der Waals surface area (Å²) in [7, 11) is 6.78. The van der Waals surface area contributed by atoms with E-state index in [1.807, 2.05) is 60.8 Å². The van der Waals surface area contributed by atoms with Crippen LogP contribution < -0.4 is 4.90 Å². The molecule has 0 saturated carbocycles. The van der Waals surface area contributed by atoms with Gasteiger partial charge in [-0.1, -0.05) is 12.1 Å². The zero-order chi connectivity index (χ0) is 25.1. The highest BCUT2D eigenvalue weighted by molar-refractivity contribution is 7.12. The number of rotatable bonds is 7. The predicted octanol–water partition coefficient (Wildman–Crippen LogP) is 4.42. The smallest absolute Gasteiger partial charge is 0.337 e. The molecule has 0 radical (unpaired) electrons. The van der Waals surface area contributed by atoms with E-state index in [2.05, 4.69) is 4.98 Å². The second-order valence-electron chi connectivity index (χ2n) is 8.25. The molecule has 2 N–H and O–H groups in total. The summed E-state index contributed by atoms with van der Waals surface area (Å²) in [5.41, 5.74) is 3.55. The third-order valence-corrected chi connectivity index (χ3v) is 6.37. The minimum absolute atomic E-state index is 0.0134. The molecule has 0 atom stereocenters. The number of hydrogen-bond donors (Lipinski definition) is 2. The fourth-order valence-corrected chi connectivity index (χ4v) is 4.44. The van der Waals surface area contributed by atoms with Gasteiger partial charge in [0.05, 0.1) is 41.1 Å². The van der Waals surface area contributed by atoms with Crippen molar-refractivity contribution in [1.29, 1.82) is 0 Å². The quantitative estimate of drug-likeness (QED) is 0.295. The molecule has 2 aromatic heterocycles. The molecule has 1 amide bonds. The molecular formula is C26H26N4O4S. The van der Waals surface area contributed by atoms with E-state index < -0.39 is 5.97 Å². The molecule has 0 aliphatic carbocycles. The lowest BCUT2D eigenvalue weighted by atomic mass is 10.0. The van der Waals surface area contributed by atoms with Crippen LogP contribution in [-0.2, 0) is 9.53 Å². The molecule has 0 aliphatic heterocycles. The Labute approximate surface area is 207 Å². The van der Waals surface area contributed by atoms with Crippen molar-refractivity contribution >= 4 is 51.2 Å². The number of amides is 1. The third kappa shape index (κ3) is 5.11. The number of esters is 1. The SMILES string of the molecule is COC(=O)c1ccc2c(C(=Nc3ccc(N(C)C(=O)CN(C)C)cc3)c3cccs3)c(O)[nH]c2c1. The molecule has 0 spiro atoms.